The molecular formula is C10H13BrO. The normalized spacial score (nSPS) is 13.0. The van der Waals surface area contributed by atoms with E-state index in [1.807, 2.05) is 18.2 Å². The fraction of sp³-hybridized carbons (Fsp3) is 0.400. The van der Waals surface area contributed by atoms with Gasteiger partial charge in [-0.3, -0.25) is 0 Å². The lowest BCUT2D eigenvalue weighted by Gasteiger charge is -2.08. The summed E-state index contributed by atoms with van der Waals surface area (Å²) in [6.45, 7) is 3.86. The Hall–Kier alpha value is -0.340. The lowest BCUT2D eigenvalue weighted by atomic mass is 10.0. The Bertz CT molecular complexity index is 269. The zero-order valence-corrected chi connectivity index (χ0v) is 8.93. The Morgan fingerprint density at radius 2 is 2.17 bits per heavy atom. The largest absolute Gasteiger partial charge is 0.393 e. The monoisotopic (exact) mass is 228 g/mol. The van der Waals surface area contributed by atoms with Gasteiger partial charge in [-0.1, -0.05) is 28.1 Å². The van der Waals surface area contributed by atoms with Crippen LogP contribution in [0.3, 0.4) is 0 Å². The molecule has 1 rings (SSSR count). The SMILES string of the molecule is Cc1c(Br)cccc1CC(C)O. The van der Waals surface area contributed by atoms with Gasteiger partial charge in [0.2, 0.25) is 0 Å². The van der Waals surface area contributed by atoms with Gasteiger partial charge in [-0.05, 0) is 37.5 Å². The maximum absolute atomic E-state index is 9.21. The summed E-state index contributed by atoms with van der Waals surface area (Å²) in [5, 5.41) is 9.21. The van der Waals surface area contributed by atoms with E-state index in [-0.39, 0.29) is 6.10 Å². The average Bonchev–Trinajstić information content (AvgIpc) is 1.98. The lowest BCUT2D eigenvalue weighted by Crippen LogP contribution is -2.05. The summed E-state index contributed by atoms with van der Waals surface area (Å²) in [6, 6.07) is 6.06. The molecule has 1 N–H and O–H groups in total. The average molecular weight is 229 g/mol. The predicted octanol–water partition coefficient (Wildman–Crippen LogP) is 2.68. The number of benzene rings is 1. The summed E-state index contributed by atoms with van der Waals surface area (Å²) in [4.78, 5) is 0. The van der Waals surface area contributed by atoms with Crippen molar-refractivity contribution >= 4 is 15.9 Å². The Morgan fingerprint density at radius 3 is 2.75 bits per heavy atom. The van der Waals surface area contributed by atoms with Crippen molar-refractivity contribution in [3.05, 3.63) is 33.8 Å². The van der Waals surface area contributed by atoms with Gasteiger partial charge in [0.05, 0.1) is 6.10 Å². The van der Waals surface area contributed by atoms with Crippen LogP contribution in [0.25, 0.3) is 0 Å². The molecule has 66 valence electrons. The maximum atomic E-state index is 9.21. The van der Waals surface area contributed by atoms with Crippen molar-refractivity contribution in [3.8, 4) is 0 Å². The summed E-state index contributed by atoms with van der Waals surface area (Å²) in [6.07, 6.45) is 0.462. The molecule has 0 spiro atoms. The Labute approximate surface area is 81.6 Å². The van der Waals surface area contributed by atoms with Crippen LogP contribution < -0.4 is 0 Å². The summed E-state index contributed by atoms with van der Waals surface area (Å²) < 4.78 is 1.11. The van der Waals surface area contributed by atoms with Crippen molar-refractivity contribution in [1.29, 1.82) is 0 Å². The minimum absolute atomic E-state index is 0.266. The van der Waals surface area contributed by atoms with E-state index in [9.17, 15) is 5.11 Å². The number of aliphatic hydroxyl groups excluding tert-OH is 1. The Balaban J connectivity index is 2.92. The highest BCUT2D eigenvalue weighted by atomic mass is 79.9. The molecule has 0 aliphatic carbocycles. The molecule has 0 bridgehead atoms. The molecule has 0 heterocycles. The first-order chi connectivity index (χ1) is 5.61. The van der Waals surface area contributed by atoms with E-state index < -0.39 is 0 Å². The lowest BCUT2D eigenvalue weighted by molar-refractivity contribution is 0.195. The molecule has 0 saturated heterocycles. The minimum atomic E-state index is -0.266. The van der Waals surface area contributed by atoms with E-state index in [1.165, 1.54) is 11.1 Å². The van der Waals surface area contributed by atoms with Gasteiger partial charge in [0.1, 0.15) is 0 Å². The van der Waals surface area contributed by atoms with Gasteiger partial charge in [-0.15, -0.1) is 0 Å². The summed E-state index contributed by atoms with van der Waals surface area (Å²) >= 11 is 3.45. The van der Waals surface area contributed by atoms with Gasteiger partial charge in [0.15, 0.2) is 0 Å². The molecule has 0 aromatic heterocycles. The number of aliphatic hydroxyl groups is 1. The molecule has 1 nitrogen and oxygen atoms in total. The Morgan fingerprint density at radius 1 is 1.50 bits per heavy atom. The third kappa shape index (κ3) is 2.32. The van der Waals surface area contributed by atoms with Gasteiger partial charge >= 0.3 is 0 Å². The van der Waals surface area contributed by atoms with Crippen LogP contribution in [0.15, 0.2) is 22.7 Å². The number of hydrogen-bond donors (Lipinski definition) is 1. The molecule has 1 atom stereocenters. The van der Waals surface area contributed by atoms with E-state index >= 15 is 0 Å². The minimum Gasteiger partial charge on any atom is -0.393 e. The summed E-state index contributed by atoms with van der Waals surface area (Å²) in [7, 11) is 0. The van der Waals surface area contributed by atoms with Gasteiger partial charge in [-0.2, -0.15) is 0 Å². The molecular weight excluding hydrogens is 216 g/mol. The first kappa shape index (κ1) is 9.75. The van der Waals surface area contributed by atoms with E-state index in [4.69, 9.17) is 0 Å². The summed E-state index contributed by atoms with van der Waals surface area (Å²) in [5.74, 6) is 0. The second-order valence-electron chi connectivity index (χ2n) is 3.08. The highest BCUT2D eigenvalue weighted by Crippen LogP contribution is 2.20. The highest BCUT2D eigenvalue weighted by molar-refractivity contribution is 9.10. The van der Waals surface area contributed by atoms with Crippen molar-refractivity contribution in [3.63, 3.8) is 0 Å². The second kappa shape index (κ2) is 4.06. The summed E-state index contributed by atoms with van der Waals surface area (Å²) in [5.41, 5.74) is 2.43. The predicted molar refractivity (Wildman–Crippen MR) is 54.3 cm³/mol. The quantitative estimate of drug-likeness (QED) is 0.826. The molecule has 0 fully saturated rings. The fourth-order valence-corrected chi connectivity index (χ4v) is 1.60. The molecule has 0 aliphatic rings. The van der Waals surface area contributed by atoms with Crippen molar-refractivity contribution in [2.24, 2.45) is 0 Å². The molecule has 1 unspecified atom stereocenters. The van der Waals surface area contributed by atoms with Crippen LogP contribution >= 0.6 is 15.9 Å². The number of rotatable bonds is 2. The van der Waals surface area contributed by atoms with Crippen molar-refractivity contribution in [1.82, 2.24) is 0 Å². The van der Waals surface area contributed by atoms with Gasteiger partial charge in [0, 0.05) is 4.47 Å². The van der Waals surface area contributed by atoms with Crippen LogP contribution in [0.2, 0.25) is 0 Å². The molecule has 2 heteroatoms. The molecule has 1 aromatic carbocycles. The fourth-order valence-electron chi connectivity index (χ4n) is 1.19. The smallest absolute Gasteiger partial charge is 0.0552 e. The topological polar surface area (TPSA) is 20.2 Å². The van der Waals surface area contributed by atoms with E-state index in [0.717, 1.165) is 10.9 Å². The third-order valence-electron chi connectivity index (χ3n) is 1.90. The molecule has 0 amide bonds. The van der Waals surface area contributed by atoms with Gasteiger partial charge in [0.25, 0.3) is 0 Å². The second-order valence-corrected chi connectivity index (χ2v) is 3.93. The maximum Gasteiger partial charge on any atom is 0.0552 e. The number of hydrogen-bond acceptors (Lipinski definition) is 1. The first-order valence-electron chi connectivity index (χ1n) is 4.03. The highest BCUT2D eigenvalue weighted by Gasteiger charge is 2.03. The van der Waals surface area contributed by atoms with E-state index in [2.05, 4.69) is 22.9 Å². The van der Waals surface area contributed by atoms with E-state index in [1.54, 1.807) is 6.92 Å². The van der Waals surface area contributed by atoms with Crippen LogP contribution in [-0.2, 0) is 6.42 Å². The standard InChI is InChI=1S/C10H13BrO/c1-7(12)6-9-4-3-5-10(11)8(9)2/h3-5,7,12H,6H2,1-2H3. The van der Waals surface area contributed by atoms with Crippen molar-refractivity contribution in [2.45, 2.75) is 26.4 Å². The van der Waals surface area contributed by atoms with Crippen molar-refractivity contribution in [2.75, 3.05) is 0 Å². The zero-order valence-electron chi connectivity index (χ0n) is 7.34. The van der Waals surface area contributed by atoms with Crippen LogP contribution in [0.1, 0.15) is 18.1 Å². The van der Waals surface area contributed by atoms with Crippen molar-refractivity contribution < 1.29 is 5.11 Å². The number of halogens is 1. The Kier molecular flexibility index (Phi) is 3.29. The first-order valence-corrected chi connectivity index (χ1v) is 4.82. The molecule has 0 radical (unpaired) electrons. The molecule has 1 aromatic rings. The van der Waals surface area contributed by atoms with Crippen LogP contribution in [0.5, 0.6) is 0 Å². The molecule has 12 heavy (non-hydrogen) atoms. The van der Waals surface area contributed by atoms with Gasteiger partial charge < -0.3 is 5.11 Å². The van der Waals surface area contributed by atoms with Crippen LogP contribution in [0.4, 0.5) is 0 Å². The zero-order chi connectivity index (χ0) is 9.14. The van der Waals surface area contributed by atoms with Gasteiger partial charge in [-0.25, -0.2) is 0 Å². The van der Waals surface area contributed by atoms with E-state index in [0.29, 0.717) is 0 Å². The third-order valence-corrected chi connectivity index (χ3v) is 2.75. The van der Waals surface area contributed by atoms with Crippen LogP contribution in [-0.4, -0.2) is 11.2 Å². The molecule has 0 aliphatic heterocycles. The molecule has 0 saturated carbocycles. The van der Waals surface area contributed by atoms with Crippen LogP contribution in [0, 0.1) is 6.92 Å².